The van der Waals surface area contributed by atoms with Crippen LogP contribution in [0.15, 0.2) is 18.2 Å². The molecule has 0 atom stereocenters. The zero-order chi connectivity index (χ0) is 23.4. The van der Waals surface area contributed by atoms with E-state index in [2.05, 4.69) is 29.0 Å². The van der Waals surface area contributed by atoms with Gasteiger partial charge in [-0.05, 0) is 76.7 Å². The summed E-state index contributed by atoms with van der Waals surface area (Å²) in [5.74, 6) is -0.688. The van der Waals surface area contributed by atoms with Crippen LogP contribution in [0, 0.1) is 19.7 Å². The molecule has 2 aromatic rings. The third kappa shape index (κ3) is 4.78. The smallest absolute Gasteiger partial charge is 0.256 e. The number of nitrogens with zero attached hydrogens (tertiary/aromatic N) is 2. The van der Waals surface area contributed by atoms with Crippen molar-refractivity contribution >= 4 is 29.2 Å². The number of aromatic nitrogens is 1. The Morgan fingerprint density at radius 1 is 1.09 bits per heavy atom. The molecule has 2 amide bonds. The van der Waals surface area contributed by atoms with Crippen molar-refractivity contribution in [1.29, 1.82) is 0 Å². The first-order valence-electron chi connectivity index (χ1n) is 11.3. The summed E-state index contributed by atoms with van der Waals surface area (Å²) in [4.78, 5) is 33.3. The summed E-state index contributed by atoms with van der Waals surface area (Å²) in [5, 5.41) is 2.76. The molecule has 1 aromatic carbocycles. The van der Waals surface area contributed by atoms with Crippen LogP contribution in [0.4, 0.5) is 10.1 Å². The Hall–Kier alpha value is -2.93. The molecule has 0 aliphatic carbocycles. The van der Waals surface area contributed by atoms with Crippen LogP contribution < -0.4 is 5.32 Å². The maximum atomic E-state index is 13.8. The average molecular weight is 441 g/mol. The van der Waals surface area contributed by atoms with Gasteiger partial charge < -0.3 is 20.1 Å². The van der Waals surface area contributed by atoms with E-state index in [4.69, 9.17) is 0 Å². The van der Waals surface area contributed by atoms with Crippen LogP contribution >= 0.6 is 0 Å². The van der Waals surface area contributed by atoms with Gasteiger partial charge in [-0.1, -0.05) is 13.8 Å². The Balaban J connectivity index is 1.85. The van der Waals surface area contributed by atoms with Crippen molar-refractivity contribution in [2.45, 2.75) is 41.0 Å². The van der Waals surface area contributed by atoms with Gasteiger partial charge in [0.15, 0.2) is 0 Å². The number of hydrogen-bond donors (Lipinski definition) is 2. The summed E-state index contributed by atoms with van der Waals surface area (Å²) < 4.78 is 13.8. The van der Waals surface area contributed by atoms with E-state index < -0.39 is 5.82 Å². The van der Waals surface area contributed by atoms with Gasteiger partial charge in [0.2, 0.25) is 0 Å². The van der Waals surface area contributed by atoms with Gasteiger partial charge in [-0.2, -0.15) is 0 Å². The highest BCUT2D eigenvalue weighted by Gasteiger charge is 2.27. The second kappa shape index (κ2) is 10.1. The quantitative estimate of drug-likeness (QED) is 0.566. The lowest BCUT2D eigenvalue weighted by molar-refractivity contribution is -0.110. The molecule has 0 spiro atoms. The van der Waals surface area contributed by atoms with Crippen LogP contribution in [0.2, 0.25) is 0 Å². The minimum Gasteiger partial charge on any atom is -0.358 e. The number of rotatable bonds is 9. The Morgan fingerprint density at radius 2 is 1.81 bits per heavy atom. The molecule has 6 nitrogen and oxygen atoms in total. The van der Waals surface area contributed by atoms with Crippen molar-refractivity contribution in [1.82, 2.24) is 14.8 Å². The highest BCUT2D eigenvalue weighted by Crippen LogP contribution is 2.34. The zero-order valence-corrected chi connectivity index (χ0v) is 19.6. The van der Waals surface area contributed by atoms with Gasteiger partial charge in [0, 0.05) is 35.7 Å². The van der Waals surface area contributed by atoms with Crippen LogP contribution in [-0.4, -0.2) is 59.3 Å². The molecular formula is C25H33FN4O2. The van der Waals surface area contributed by atoms with Crippen LogP contribution in [0.1, 0.15) is 60.1 Å². The number of carbonyl (C=O) groups is 2. The van der Waals surface area contributed by atoms with Crippen molar-refractivity contribution in [3.8, 4) is 0 Å². The number of halogens is 1. The first-order chi connectivity index (χ1) is 15.3. The highest BCUT2D eigenvalue weighted by molar-refractivity contribution is 6.34. The van der Waals surface area contributed by atoms with Gasteiger partial charge in [0.25, 0.3) is 11.8 Å². The number of aromatic amines is 1. The van der Waals surface area contributed by atoms with E-state index in [1.54, 1.807) is 12.1 Å². The lowest BCUT2D eigenvalue weighted by Crippen LogP contribution is -2.34. The number of nitrogens with one attached hydrogen (secondary N) is 2. The molecule has 0 fully saturated rings. The maximum Gasteiger partial charge on any atom is 0.256 e. The zero-order valence-electron chi connectivity index (χ0n) is 19.6. The topological polar surface area (TPSA) is 68.4 Å². The van der Waals surface area contributed by atoms with Crippen molar-refractivity contribution in [2.75, 3.05) is 38.0 Å². The summed E-state index contributed by atoms with van der Waals surface area (Å²) in [6.07, 6.45) is 2.62. The average Bonchev–Trinajstić information content (AvgIpc) is 3.23. The minimum absolute atomic E-state index is 0.00901. The van der Waals surface area contributed by atoms with Gasteiger partial charge in [0.1, 0.15) is 5.82 Å². The molecule has 1 aromatic heterocycles. The molecule has 0 saturated heterocycles. The first-order valence-corrected chi connectivity index (χ1v) is 11.3. The van der Waals surface area contributed by atoms with Crippen molar-refractivity contribution < 1.29 is 14.0 Å². The maximum absolute atomic E-state index is 13.8. The van der Waals surface area contributed by atoms with E-state index >= 15 is 0 Å². The molecule has 2 N–H and O–H groups in total. The number of carbonyl (C=O) groups excluding carboxylic acids is 2. The second-order valence-corrected chi connectivity index (χ2v) is 8.13. The van der Waals surface area contributed by atoms with E-state index in [0.717, 1.165) is 37.3 Å². The summed E-state index contributed by atoms with van der Waals surface area (Å²) in [6, 6.07) is 4.23. The van der Waals surface area contributed by atoms with E-state index in [1.165, 1.54) is 12.1 Å². The Bertz CT molecular complexity index is 1040. The largest absolute Gasteiger partial charge is 0.358 e. The fourth-order valence-corrected chi connectivity index (χ4v) is 4.27. The van der Waals surface area contributed by atoms with Crippen molar-refractivity contribution in [2.24, 2.45) is 0 Å². The number of H-pyrrole nitrogens is 1. The summed E-state index contributed by atoms with van der Waals surface area (Å²) in [7, 11) is 0. The predicted octanol–water partition coefficient (Wildman–Crippen LogP) is 4.46. The standard InChI is InChI=1S/C25H33FN4O2/c1-6-29(7-2)12-9-13-30(8-3)25(32)23-16(4)22(27-17(23)5)15-20-19-14-18(26)10-11-21(19)28-24(20)31/h10-11,14-15,27H,6-9,12-13H2,1-5H3,(H,28,31)/b20-15-. The van der Waals surface area contributed by atoms with Crippen LogP contribution in [0.5, 0.6) is 0 Å². The predicted molar refractivity (Wildman–Crippen MR) is 127 cm³/mol. The number of anilines is 1. The third-order valence-electron chi connectivity index (χ3n) is 6.21. The first kappa shape index (κ1) is 23.7. The van der Waals surface area contributed by atoms with Crippen LogP contribution in [0.3, 0.4) is 0 Å². The van der Waals surface area contributed by atoms with Gasteiger partial charge in [0.05, 0.1) is 11.1 Å². The van der Waals surface area contributed by atoms with E-state index in [9.17, 15) is 14.0 Å². The number of benzene rings is 1. The lowest BCUT2D eigenvalue weighted by Gasteiger charge is -2.24. The molecule has 7 heteroatoms. The normalized spacial score (nSPS) is 14.2. The summed E-state index contributed by atoms with van der Waals surface area (Å²) in [6.45, 7) is 14.3. The molecule has 0 bridgehead atoms. The van der Waals surface area contributed by atoms with Gasteiger partial charge in [-0.15, -0.1) is 0 Å². The highest BCUT2D eigenvalue weighted by atomic mass is 19.1. The van der Waals surface area contributed by atoms with Crippen molar-refractivity contribution in [3.05, 3.63) is 52.1 Å². The van der Waals surface area contributed by atoms with Crippen LogP contribution in [-0.2, 0) is 4.79 Å². The molecular weight excluding hydrogens is 407 g/mol. The Kier molecular flexibility index (Phi) is 7.51. The fraction of sp³-hybridized carbons (Fsp3) is 0.440. The molecule has 0 radical (unpaired) electrons. The van der Waals surface area contributed by atoms with E-state index in [1.807, 2.05) is 25.7 Å². The van der Waals surface area contributed by atoms with Gasteiger partial charge >= 0.3 is 0 Å². The monoisotopic (exact) mass is 440 g/mol. The number of fused-ring (bicyclic) bond motifs is 1. The minimum atomic E-state index is -0.398. The Morgan fingerprint density at radius 3 is 2.47 bits per heavy atom. The van der Waals surface area contributed by atoms with Gasteiger partial charge in [-0.25, -0.2) is 4.39 Å². The molecule has 32 heavy (non-hydrogen) atoms. The Labute approximate surface area is 189 Å². The fourth-order valence-electron chi connectivity index (χ4n) is 4.27. The van der Waals surface area contributed by atoms with Gasteiger partial charge in [-0.3, -0.25) is 9.59 Å². The van der Waals surface area contributed by atoms with E-state index in [-0.39, 0.29) is 11.8 Å². The molecule has 3 rings (SSSR count). The molecule has 172 valence electrons. The number of hydrogen-bond acceptors (Lipinski definition) is 3. The lowest BCUT2D eigenvalue weighted by atomic mass is 10.0. The molecule has 1 aliphatic heterocycles. The van der Waals surface area contributed by atoms with E-state index in [0.29, 0.717) is 41.2 Å². The molecule has 0 unspecified atom stereocenters. The molecule has 1 aliphatic rings. The van der Waals surface area contributed by atoms with Crippen LogP contribution in [0.25, 0.3) is 11.6 Å². The molecule has 2 heterocycles. The summed E-state index contributed by atoms with van der Waals surface area (Å²) in [5.41, 5.74) is 4.38. The second-order valence-electron chi connectivity index (χ2n) is 8.13. The SMILES string of the molecule is CCN(CC)CCCN(CC)C(=O)c1c(C)[nH]c(/C=C2\C(=O)Nc3ccc(F)cc32)c1C. The number of aryl methyl sites for hydroxylation is 1. The van der Waals surface area contributed by atoms with Crippen molar-refractivity contribution in [3.63, 3.8) is 0 Å². The number of amides is 2. The third-order valence-corrected chi connectivity index (χ3v) is 6.21. The molecule has 0 saturated carbocycles. The summed E-state index contributed by atoms with van der Waals surface area (Å²) >= 11 is 0.